The highest BCUT2D eigenvalue weighted by Crippen LogP contribution is 2.21. The van der Waals surface area contributed by atoms with Crippen LogP contribution in [0.2, 0.25) is 0 Å². The van der Waals surface area contributed by atoms with Gasteiger partial charge in [-0.25, -0.2) is 0 Å². The molecule has 1 aromatic carbocycles. The summed E-state index contributed by atoms with van der Waals surface area (Å²) in [6, 6.07) is 7.51. The lowest BCUT2D eigenvalue weighted by atomic mass is 9.91. The maximum absolute atomic E-state index is 12.2. The van der Waals surface area contributed by atoms with E-state index in [1.165, 1.54) is 0 Å². The maximum atomic E-state index is 12.2. The third-order valence-corrected chi connectivity index (χ3v) is 3.94. The molecule has 5 nitrogen and oxygen atoms in total. The Labute approximate surface area is 119 Å². The average Bonchev–Trinajstić information content (AvgIpc) is 2.48. The van der Waals surface area contributed by atoms with Gasteiger partial charge in [0.05, 0.1) is 19.1 Å². The number of methoxy groups -OCH3 is 1. The molecule has 1 aliphatic rings. The van der Waals surface area contributed by atoms with Crippen molar-refractivity contribution in [2.75, 3.05) is 26.7 Å². The van der Waals surface area contributed by atoms with Gasteiger partial charge in [-0.15, -0.1) is 0 Å². The van der Waals surface area contributed by atoms with Gasteiger partial charge in [0.2, 0.25) is 5.91 Å². The summed E-state index contributed by atoms with van der Waals surface area (Å²) in [7, 11) is 1.62. The summed E-state index contributed by atoms with van der Waals surface area (Å²) in [6.45, 7) is 1.40. The normalized spacial score (nSPS) is 17.9. The van der Waals surface area contributed by atoms with Gasteiger partial charge in [-0.1, -0.05) is 12.1 Å². The second-order valence-corrected chi connectivity index (χ2v) is 5.33. The number of amides is 1. The number of carbonyl (C=O) groups is 1. The number of nitrogens with zero attached hydrogens (tertiary/aromatic N) is 1. The first-order chi connectivity index (χ1) is 9.56. The minimum absolute atomic E-state index is 0.0919. The Kier molecular flexibility index (Phi) is 4.62. The van der Waals surface area contributed by atoms with Crippen LogP contribution in [0.15, 0.2) is 24.3 Å². The zero-order valence-electron chi connectivity index (χ0n) is 11.8. The number of piperidine rings is 1. The van der Waals surface area contributed by atoms with Crippen molar-refractivity contribution in [1.29, 1.82) is 0 Å². The smallest absolute Gasteiger partial charge is 0.226 e. The fraction of sp³-hybridized carbons (Fsp3) is 0.533. The molecule has 0 spiro atoms. The first kappa shape index (κ1) is 14.8. The lowest BCUT2D eigenvalue weighted by molar-refractivity contribution is -0.134. The van der Waals surface area contributed by atoms with Crippen molar-refractivity contribution in [2.24, 2.45) is 5.73 Å². The highest BCUT2D eigenvalue weighted by atomic mass is 16.5. The lowest BCUT2D eigenvalue weighted by Crippen LogP contribution is -2.50. The maximum Gasteiger partial charge on any atom is 0.226 e. The molecule has 1 aromatic rings. The Morgan fingerprint density at radius 3 is 2.45 bits per heavy atom. The van der Waals surface area contributed by atoms with E-state index in [0.29, 0.717) is 32.4 Å². The molecule has 0 bridgehead atoms. The molecule has 3 N–H and O–H groups in total. The zero-order chi connectivity index (χ0) is 14.6. The van der Waals surface area contributed by atoms with Gasteiger partial charge in [-0.2, -0.15) is 0 Å². The predicted molar refractivity (Wildman–Crippen MR) is 76.5 cm³/mol. The fourth-order valence-electron chi connectivity index (χ4n) is 2.41. The Morgan fingerprint density at radius 1 is 1.35 bits per heavy atom. The summed E-state index contributed by atoms with van der Waals surface area (Å²) in [5.74, 6) is 0.876. The molecule has 110 valence electrons. The number of likely N-dealkylation sites (tertiary alicyclic amines) is 1. The molecule has 1 aliphatic heterocycles. The average molecular weight is 278 g/mol. The number of aliphatic hydroxyl groups is 1. The van der Waals surface area contributed by atoms with Crippen molar-refractivity contribution in [1.82, 2.24) is 4.90 Å². The van der Waals surface area contributed by atoms with Gasteiger partial charge in [0.25, 0.3) is 0 Å². The summed E-state index contributed by atoms with van der Waals surface area (Å²) < 4.78 is 5.09. The Hall–Kier alpha value is -1.59. The van der Waals surface area contributed by atoms with Crippen LogP contribution >= 0.6 is 0 Å². The summed E-state index contributed by atoms with van der Waals surface area (Å²) in [4.78, 5) is 14.0. The third kappa shape index (κ3) is 3.49. The number of ether oxygens (including phenoxy) is 1. The molecule has 0 unspecified atom stereocenters. The minimum Gasteiger partial charge on any atom is -0.497 e. The van der Waals surface area contributed by atoms with E-state index in [4.69, 9.17) is 10.5 Å². The molecule has 0 saturated carbocycles. The van der Waals surface area contributed by atoms with Crippen LogP contribution in [0.4, 0.5) is 0 Å². The molecule has 1 fully saturated rings. The van der Waals surface area contributed by atoms with Gasteiger partial charge >= 0.3 is 0 Å². The van der Waals surface area contributed by atoms with Crippen LogP contribution in [0.5, 0.6) is 5.75 Å². The van der Waals surface area contributed by atoms with E-state index >= 15 is 0 Å². The number of hydrogen-bond donors (Lipinski definition) is 2. The van der Waals surface area contributed by atoms with Crippen LogP contribution < -0.4 is 10.5 Å². The van der Waals surface area contributed by atoms with Crippen LogP contribution in [0.3, 0.4) is 0 Å². The summed E-state index contributed by atoms with van der Waals surface area (Å²) in [6.07, 6.45) is 1.49. The van der Waals surface area contributed by atoms with Crippen LogP contribution in [-0.4, -0.2) is 48.3 Å². The molecule has 1 amide bonds. The van der Waals surface area contributed by atoms with Gasteiger partial charge < -0.3 is 20.5 Å². The first-order valence-corrected chi connectivity index (χ1v) is 6.89. The number of benzene rings is 1. The van der Waals surface area contributed by atoms with Crippen molar-refractivity contribution < 1.29 is 14.6 Å². The Bertz CT molecular complexity index is 451. The molecule has 1 heterocycles. The lowest BCUT2D eigenvalue weighted by Gasteiger charge is -2.37. The second-order valence-electron chi connectivity index (χ2n) is 5.33. The van der Waals surface area contributed by atoms with E-state index < -0.39 is 5.60 Å². The van der Waals surface area contributed by atoms with Gasteiger partial charge in [-0.05, 0) is 30.5 Å². The van der Waals surface area contributed by atoms with E-state index in [9.17, 15) is 9.90 Å². The van der Waals surface area contributed by atoms with Crippen molar-refractivity contribution in [2.45, 2.75) is 24.9 Å². The molecule has 0 aromatic heterocycles. The first-order valence-electron chi connectivity index (χ1n) is 6.89. The predicted octanol–water partition coefficient (Wildman–Crippen LogP) is 0.550. The van der Waals surface area contributed by atoms with Gasteiger partial charge in [-0.3, -0.25) is 4.79 Å². The summed E-state index contributed by atoms with van der Waals surface area (Å²) >= 11 is 0. The quantitative estimate of drug-likeness (QED) is 0.843. The van der Waals surface area contributed by atoms with E-state index in [2.05, 4.69) is 0 Å². The molecular weight excluding hydrogens is 256 g/mol. The van der Waals surface area contributed by atoms with Gasteiger partial charge in [0.15, 0.2) is 0 Å². The zero-order valence-corrected chi connectivity index (χ0v) is 11.8. The van der Waals surface area contributed by atoms with Crippen LogP contribution in [0, 0.1) is 0 Å². The largest absolute Gasteiger partial charge is 0.497 e. The molecule has 0 aliphatic carbocycles. The number of nitrogens with two attached hydrogens (primary N) is 1. The van der Waals surface area contributed by atoms with E-state index in [1.807, 2.05) is 24.3 Å². The molecule has 1 saturated heterocycles. The molecule has 5 heteroatoms. The fourth-order valence-corrected chi connectivity index (χ4v) is 2.41. The van der Waals surface area contributed by atoms with Gasteiger partial charge in [0, 0.05) is 19.6 Å². The van der Waals surface area contributed by atoms with Crippen molar-refractivity contribution in [3.63, 3.8) is 0 Å². The molecule has 2 rings (SSSR count). The van der Waals surface area contributed by atoms with E-state index in [1.54, 1.807) is 12.0 Å². The van der Waals surface area contributed by atoms with Gasteiger partial charge in [0.1, 0.15) is 5.75 Å². The molecular formula is C15H22N2O3. The van der Waals surface area contributed by atoms with Crippen LogP contribution in [0.1, 0.15) is 18.4 Å². The number of rotatable bonds is 4. The number of hydrogen-bond acceptors (Lipinski definition) is 4. The minimum atomic E-state index is -0.795. The van der Waals surface area contributed by atoms with Crippen molar-refractivity contribution in [3.8, 4) is 5.75 Å². The molecule has 20 heavy (non-hydrogen) atoms. The highest BCUT2D eigenvalue weighted by molar-refractivity contribution is 5.78. The standard InChI is InChI=1S/C15H22N2O3/c1-20-13-4-2-12(3-5-13)10-14(18)17-8-6-15(19,11-16)7-9-17/h2-5,19H,6-11,16H2,1H3. The summed E-state index contributed by atoms with van der Waals surface area (Å²) in [5, 5.41) is 10.1. The van der Waals surface area contributed by atoms with E-state index in [-0.39, 0.29) is 12.5 Å². The van der Waals surface area contributed by atoms with Crippen LogP contribution in [-0.2, 0) is 11.2 Å². The molecule has 0 atom stereocenters. The third-order valence-electron chi connectivity index (χ3n) is 3.94. The summed E-state index contributed by atoms with van der Waals surface area (Å²) in [5.41, 5.74) is 5.72. The molecule has 0 radical (unpaired) electrons. The van der Waals surface area contributed by atoms with Crippen molar-refractivity contribution >= 4 is 5.91 Å². The topological polar surface area (TPSA) is 75.8 Å². The monoisotopic (exact) mass is 278 g/mol. The van der Waals surface area contributed by atoms with Crippen molar-refractivity contribution in [3.05, 3.63) is 29.8 Å². The Morgan fingerprint density at radius 2 is 1.95 bits per heavy atom. The number of carbonyl (C=O) groups excluding carboxylic acids is 1. The highest BCUT2D eigenvalue weighted by Gasteiger charge is 2.32. The van der Waals surface area contributed by atoms with Crippen LogP contribution in [0.25, 0.3) is 0 Å². The second kappa shape index (κ2) is 6.24. The van der Waals surface area contributed by atoms with E-state index in [0.717, 1.165) is 11.3 Å². The Balaban J connectivity index is 1.89. The SMILES string of the molecule is COc1ccc(CC(=O)N2CCC(O)(CN)CC2)cc1.